The predicted molar refractivity (Wildman–Crippen MR) is 22.2 cm³/mol. The molecule has 0 spiro atoms. The van der Waals surface area contributed by atoms with Crippen molar-refractivity contribution in [3.05, 3.63) is 0 Å². The van der Waals surface area contributed by atoms with Crippen LogP contribution in [0, 0.1) is 0 Å². The van der Waals surface area contributed by atoms with Crippen LogP contribution in [0.25, 0.3) is 0 Å². The third-order valence-corrected chi connectivity index (χ3v) is 0.408. The van der Waals surface area contributed by atoms with Gasteiger partial charge in [-0.1, -0.05) is 0 Å². The molecule has 0 aromatic rings. The SMILES string of the molecule is CCOCC.[V].[Zn]. The molecule has 0 fully saturated rings. The maximum Gasteiger partial charge on any atom is 0.0437 e. The van der Waals surface area contributed by atoms with Crippen molar-refractivity contribution < 1.29 is 42.8 Å². The van der Waals surface area contributed by atoms with Crippen molar-refractivity contribution >= 4 is 0 Å². The van der Waals surface area contributed by atoms with Gasteiger partial charge >= 0.3 is 0 Å². The van der Waals surface area contributed by atoms with Gasteiger partial charge in [0.15, 0.2) is 0 Å². The van der Waals surface area contributed by atoms with Crippen molar-refractivity contribution in [1.82, 2.24) is 0 Å². The van der Waals surface area contributed by atoms with Gasteiger partial charge in [-0.05, 0) is 13.8 Å². The van der Waals surface area contributed by atoms with Gasteiger partial charge in [0.2, 0.25) is 0 Å². The predicted octanol–water partition coefficient (Wildman–Crippen LogP) is 1.04. The Balaban J connectivity index is -0.0000000800. The van der Waals surface area contributed by atoms with Crippen LogP contribution in [0.4, 0.5) is 0 Å². The van der Waals surface area contributed by atoms with E-state index in [-0.39, 0.29) is 38.0 Å². The molecular formula is C4H10OVZn. The van der Waals surface area contributed by atoms with Gasteiger partial charge in [-0.3, -0.25) is 0 Å². The second-order valence-corrected chi connectivity index (χ2v) is 0.781. The first-order chi connectivity index (χ1) is 2.41. The third kappa shape index (κ3) is 19.1. The van der Waals surface area contributed by atoms with Gasteiger partial charge in [0.1, 0.15) is 0 Å². The molecule has 3 heteroatoms. The Morgan fingerprint density at radius 3 is 1.43 bits per heavy atom. The summed E-state index contributed by atoms with van der Waals surface area (Å²) in [5, 5.41) is 0. The fraction of sp³-hybridized carbons (Fsp3) is 1.00. The first kappa shape index (κ1) is 15.7. The zero-order chi connectivity index (χ0) is 4.12. The minimum absolute atomic E-state index is 0. The Morgan fingerprint density at radius 2 is 1.43 bits per heavy atom. The molecule has 0 aliphatic heterocycles. The van der Waals surface area contributed by atoms with E-state index in [1.807, 2.05) is 13.8 Å². The van der Waals surface area contributed by atoms with Crippen LogP contribution in [0.1, 0.15) is 13.8 Å². The van der Waals surface area contributed by atoms with Gasteiger partial charge in [0.05, 0.1) is 0 Å². The van der Waals surface area contributed by atoms with Crippen LogP contribution in [0.2, 0.25) is 0 Å². The molecule has 0 unspecified atom stereocenters. The largest absolute Gasteiger partial charge is 0.382 e. The monoisotopic (exact) mass is 189 g/mol. The van der Waals surface area contributed by atoms with E-state index in [0.717, 1.165) is 13.2 Å². The van der Waals surface area contributed by atoms with Crippen molar-refractivity contribution in [1.29, 1.82) is 0 Å². The Labute approximate surface area is 69.8 Å². The summed E-state index contributed by atoms with van der Waals surface area (Å²) in [4.78, 5) is 0. The smallest absolute Gasteiger partial charge is 0.0437 e. The Hall–Kier alpha value is 1.17. The molecule has 39 valence electrons. The first-order valence-electron chi connectivity index (χ1n) is 1.99. The summed E-state index contributed by atoms with van der Waals surface area (Å²) in [6.45, 7) is 5.67. The zero-order valence-electron chi connectivity index (χ0n) is 4.98. The van der Waals surface area contributed by atoms with E-state index in [1.165, 1.54) is 0 Å². The summed E-state index contributed by atoms with van der Waals surface area (Å²) in [5.41, 5.74) is 0. The molecule has 1 nitrogen and oxygen atoms in total. The summed E-state index contributed by atoms with van der Waals surface area (Å²) in [5.74, 6) is 0. The molecule has 0 atom stereocenters. The second kappa shape index (κ2) is 15.7. The number of hydrogen-bond donors (Lipinski definition) is 0. The summed E-state index contributed by atoms with van der Waals surface area (Å²) in [6, 6.07) is 0. The maximum absolute atomic E-state index is 4.83. The quantitative estimate of drug-likeness (QED) is 0.591. The summed E-state index contributed by atoms with van der Waals surface area (Å²) in [6.07, 6.45) is 0. The van der Waals surface area contributed by atoms with Gasteiger partial charge in [-0.2, -0.15) is 0 Å². The average molecular weight is 190 g/mol. The molecule has 0 aromatic carbocycles. The van der Waals surface area contributed by atoms with Gasteiger partial charge in [0, 0.05) is 51.2 Å². The number of ether oxygens (including phenoxy) is 1. The van der Waals surface area contributed by atoms with E-state index in [1.54, 1.807) is 0 Å². The molecule has 0 saturated heterocycles. The van der Waals surface area contributed by atoms with Crippen molar-refractivity contribution in [3.63, 3.8) is 0 Å². The van der Waals surface area contributed by atoms with Crippen molar-refractivity contribution in [2.45, 2.75) is 13.8 Å². The van der Waals surface area contributed by atoms with E-state index in [0.29, 0.717) is 0 Å². The fourth-order valence-corrected chi connectivity index (χ4v) is 0.204. The molecule has 0 aliphatic rings. The van der Waals surface area contributed by atoms with Crippen LogP contribution in [0.3, 0.4) is 0 Å². The van der Waals surface area contributed by atoms with Gasteiger partial charge in [0.25, 0.3) is 0 Å². The molecule has 0 amide bonds. The summed E-state index contributed by atoms with van der Waals surface area (Å²) < 4.78 is 4.83. The van der Waals surface area contributed by atoms with Crippen LogP contribution in [-0.2, 0) is 42.8 Å². The van der Waals surface area contributed by atoms with E-state index in [4.69, 9.17) is 4.74 Å². The molecule has 0 saturated carbocycles. The van der Waals surface area contributed by atoms with Crippen LogP contribution in [0.5, 0.6) is 0 Å². The van der Waals surface area contributed by atoms with E-state index < -0.39 is 0 Å². The minimum atomic E-state index is 0. The molecule has 0 heterocycles. The van der Waals surface area contributed by atoms with Crippen molar-refractivity contribution in [2.75, 3.05) is 13.2 Å². The first-order valence-corrected chi connectivity index (χ1v) is 1.99. The molecule has 0 N–H and O–H groups in total. The van der Waals surface area contributed by atoms with Crippen molar-refractivity contribution in [2.24, 2.45) is 0 Å². The van der Waals surface area contributed by atoms with E-state index in [2.05, 4.69) is 0 Å². The Bertz CT molecular complexity index is 19.2. The molecular weight excluding hydrogens is 180 g/mol. The fourth-order valence-electron chi connectivity index (χ4n) is 0.204. The minimum Gasteiger partial charge on any atom is -0.382 e. The molecule has 0 aliphatic carbocycles. The number of rotatable bonds is 2. The summed E-state index contributed by atoms with van der Waals surface area (Å²) in [7, 11) is 0. The van der Waals surface area contributed by atoms with Crippen molar-refractivity contribution in [3.8, 4) is 0 Å². The van der Waals surface area contributed by atoms with Gasteiger partial charge < -0.3 is 4.74 Å². The van der Waals surface area contributed by atoms with Gasteiger partial charge in [-0.15, -0.1) is 0 Å². The third-order valence-electron chi connectivity index (χ3n) is 0.408. The number of hydrogen-bond acceptors (Lipinski definition) is 1. The standard InChI is InChI=1S/C4H10O.V.Zn/c1-3-5-4-2;;/h3-4H2,1-2H3;;. The Kier molecular flexibility index (Phi) is 35.2. The molecule has 0 bridgehead atoms. The molecule has 7 heavy (non-hydrogen) atoms. The Morgan fingerprint density at radius 1 is 1.14 bits per heavy atom. The molecule has 1 radical (unpaired) electrons. The maximum atomic E-state index is 4.83. The molecule has 0 aromatic heterocycles. The zero-order valence-corrected chi connectivity index (χ0v) is 9.34. The van der Waals surface area contributed by atoms with Crippen LogP contribution in [0.15, 0.2) is 0 Å². The van der Waals surface area contributed by atoms with Crippen LogP contribution < -0.4 is 0 Å². The van der Waals surface area contributed by atoms with E-state index >= 15 is 0 Å². The van der Waals surface area contributed by atoms with Crippen LogP contribution >= 0.6 is 0 Å². The molecule has 0 rings (SSSR count). The van der Waals surface area contributed by atoms with Crippen LogP contribution in [-0.4, -0.2) is 13.2 Å². The van der Waals surface area contributed by atoms with Gasteiger partial charge in [-0.25, -0.2) is 0 Å². The topological polar surface area (TPSA) is 9.23 Å². The van der Waals surface area contributed by atoms with E-state index in [9.17, 15) is 0 Å². The second-order valence-electron chi connectivity index (χ2n) is 0.781. The normalized spacial score (nSPS) is 6.00. The average Bonchev–Trinajstić information content (AvgIpc) is 1.41. The summed E-state index contributed by atoms with van der Waals surface area (Å²) >= 11 is 0.